The van der Waals surface area contributed by atoms with E-state index in [1.807, 2.05) is 17.0 Å². The molecule has 3 rings (SSSR count). The lowest BCUT2D eigenvalue weighted by atomic mass is 10.1. The molecule has 0 spiro atoms. The summed E-state index contributed by atoms with van der Waals surface area (Å²) in [6.45, 7) is 3.95. The summed E-state index contributed by atoms with van der Waals surface area (Å²) in [6.07, 6.45) is 3.59. The van der Waals surface area contributed by atoms with Gasteiger partial charge in [-0.1, -0.05) is 0 Å². The topological polar surface area (TPSA) is 36.4 Å². The standard InChI is InChI=1S/C17H18FN3O/c18-16-3-1-15(2-4-16)17(22)21-11-9-20(10-12-21)13-14-5-7-19-8-6-14/h1-8H,9-13H2. The predicted octanol–water partition coefficient (Wildman–Crippen LogP) is 2.18. The van der Waals surface area contributed by atoms with Crippen LogP contribution in [0.5, 0.6) is 0 Å². The third kappa shape index (κ3) is 3.49. The molecule has 0 bridgehead atoms. The highest BCUT2D eigenvalue weighted by Gasteiger charge is 2.22. The Morgan fingerprint density at radius 2 is 1.64 bits per heavy atom. The van der Waals surface area contributed by atoms with Gasteiger partial charge in [-0.3, -0.25) is 14.7 Å². The molecule has 1 fully saturated rings. The summed E-state index contributed by atoms with van der Waals surface area (Å²) in [6, 6.07) is 9.76. The summed E-state index contributed by atoms with van der Waals surface area (Å²) in [5.74, 6) is -0.345. The van der Waals surface area contributed by atoms with Crippen molar-refractivity contribution in [2.24, 2.45) is 0 Å². The maximum atomic E-state index is 12.9. The number of aromatic nitrogens is 1. The molecule has 2 aromatic rings. The van der Waals surface area contributed by atoms with E-state index < -0.39 is 0 Å². The Labute approximate surface area is 129 Å². The highest BCUT2D eigenvalue weighted by molar-refractivity contribution is 5.94. The Morgan fingerprint density at radius 1 is 1.00 bits per heavy atom. The maximum absolute atomic E-state index is 12.9. The van der Waals surface area contributed by atoms with Crippen LogP contribution in [0.2, 0.25) is 0 Å². The molecule has 0 N–H and O–H groups in total. The lowest BCUT2D eigenvalue weighted by molar-refractivity contribution is 0.0628. The van der Waals surface area contributed by atoms with Gasteiger partial charge in [0.25, 0.3) is 5.91 Å². The van der Waals surface area contributed by atoms with Crippen molar-refractivity contribution in [1.29, 1.82) is 0 Å². The smallest absolute Gasteiger partial charge is 0.253 e. The van der Waals surface area contributed by atoms with E-state index in [4.69, 9.17) is 0 Å². The molecule has 0 aliphatic carbocycles. The molecule has 1 saturated heterocycles. The van der Waals surface area contributed by atoms with Gasteiger partial charge in [0.1, 0.15) is 5.82 Å². The van der Waals surface area contributed by atoms with Crippen molar-refractivity contribution in [1.82, 2.24) is 14.8 Å². The molecule has 1 amide bonds. The van der Waals surface area contributed by atoms with Crippen LogP contribution in [-0.2, 0) is 6.54 Å². The first-order chi connectivity index (χ1) is 10.7. The number of carbonyl (C=O) groups excluding carboxylic acids is 1. The molecule has 0 saturated carbocycles. The number of hydrogen-bond acceptors (Lipinski definition) is 3. The van der Waals surface area contributed by atoms with Gasteiger partial charge in [-0.25, -0.2) is 4.39 Å². The van der Waals surface area contributed by atoms with Crippen molar-refractivity contribution in [3.63, 3.8) is 0 Å². The molecule has 1 aliphatic heterocycles. The van der Waals surface area contributed by atoms with E-state index in [-0.39, 0.29) is 11.7 Å². The van der Waals surface area contributed by atoms with E-state index in [0.717, 1.165) is 19.6 Å². The number of benzene rings is 1. The van der Waals surface area contributed by atoms with Gasteiger partial charge < -0.3 is 4.90 Å². The number of halogens is 1. The summed E-state index contributed by atoms with van der Waals surface area (Å²) < 4.78 is 12.9. The minimum Gasteiger partial charge on any atom is -0.336 e. The van der Waals surface area contributed by atoms with E-state index in [1.54, 1.807) is 24.5 Å². The average molecular weight is 299 g/mol. The number of nitrogens with zero attached hydrogens (tertiary/aromatic N) is 3. The van der Waals surface area contributed by atoms with Gasteiger partial charge in [0.15, 0.2) is 0 Å². The molecule has 0 unspecified atom stereocenters. The summed E-state index contributed by atoms with van der Waals surface area (Å²) in [7, 11) is 0. The van der Waals surface area contributed by atoms with Gasteiger partial charge >= 0.3 is 0 Å². The fraction of sp³-hybridized carbons (Fsp3) is 0.294. The average Bonchev–Trinajstić information content (AvgIpc) is 2.57. The Morgan fingerprint density at radius 3 is 2.27 bits per heavy atom. The molecule has 0 atom stereocenters. The molecule has 4 nitrogen and oxygen atoms in total. The van der Waals surface area contributed by atoms with Crippen LogP contribution in [0.3, 0.4) is 0 Å². The quantitative estimate of drug-likeness (QED) is 0.871. The second kappa shape index (κ2) is 6.66. The zero-order valence-electron chi connectivity index (χ0n) is 12.3. The molecule has 5 heteroatoms. The third-order valence-corrected chi connectivity index (χ3v) is 3.91. The number of hydrogen-bond donors (Lipinski definition) is 0. The van der Waals surface area contributed by atoms with Crippen molar-refractivity contribution >= 4 is 5.91 Å². The minimum absolute atomic E-state index is 0.0245. The summed E-state index contributed by atoms with van der Waals surface area (Å²) in [5, 5.41) is 0. The van der Waals surface area contributed by atoms with Crippen LogP contribution < -0.4 is 0 Å². The molecule has 0 radical (unpaired) electrons. The van der Waals surface area contributed by atoms with Gasteiger partial charge in [0, 0.05) is 50.7 Å². The molecule has 114 valence electrons. The molecule has 2 heterocycles. The molecule has 1 aromatic carbocycles. The maximum Gasteiger partial charge on any atom is 0.253 e. The molecular weight excluding hydrogens is 281 g/mol. The van der Waals surface area contributed by atoms with Crippen molar-refractivity contribution in [2.45, 2.75) is 6.54 Å². The van der Waals surface area contributed by atoms with Crippen molar-refractivity contribution in [3.8, 4) is 0 Å². The highest BCUT2D eigenvalue weighted by Crippen LogP contribution is 2.12. The van der Waals surface area contributed by atoms with Gasteiger partial charge in [0.2, 0.25) is 0 Å². The van der Waals surface area contributed by atoms with Crippen molar-refractivity contribution in [3.05, 3.63) is 65.7 Å². The second-order valence-electron chi connectivity index (χ2n) is 5.43. The normalized spacial score (nSPS) is 15.8. The predicted molar refractivity (Wildman–Crippen MR) is 81.8 cm³/mol. The van der Waals surface area contributed by atoms with E-state index in [9.17, 15) is 9.18 Å². The van der Waals surface area contributed by atoms with E-state index in [1.165, 1.54) is 17.7 Å². The molecular formula is C17H18FN3O. The van der Waals surface area contributed by atoms with Crippen LogP contribution >= 0.6 is 0 Å². The monoisotopic (exact) mass is 299 g/mol. The number of carbonyl (C=O) groups is 1. The highest BCUT2D eigenvalue weighted by atomic mass is 19.1. The SMILES string of the molecule is O=C(c1ccc(F)cc1)N1CCN(Cc2ccncc2)CC1. The fourth-order valence-electron chi connectivity index (χ4n) is 2.63. The van der Waals surface area contributed by atoms with Crippen molar-refractivity contribution < 1.29 is 9.18 Å². The van der Waals surface area contributed by atoms with Crippen LogP contribution in [0, 0.1) is 5.82 Å². The minimum atomic E-state index is -0.321. The summed E-state index contributed by atoms with van der Waals surface area (Å²) >= 11 is 0. The van der Waals surface area contributed by atoms with Crippen LogP contribution in [0.25, 0.3) is 0 Å². The Hall–Kier alpha value is -2.27. The molecule has 1 aromatic heterocycles. The lowest BCUT2D eigenvalue weighted by Crippen LogP contribution is -2.48. The van der Waals surface area contributed by atoms with E-state index in [0.29, 0.717) is 18.7 Å². The molecule has 1 aliphatic rings. The summed E-state index contributed by atoms with van der Waals surface area (Å²) in [4.78, 5) is 20.5. The van der Waals surface area contributed by atoms with E-state index >= 15 is 0 Å². The number of amides is 1. The number of rotatable bonds is 3. The van der Waals surface area contributed by atoms with Crippen LogP contribution in [0.15, 0.2) is 48.8 Å². The summed E-state index contributed by atoms with van der Waals surface area (Å²) in [5.41, 5.74) is 1.78. The van der Waals surface area contributed by atoms with E-state index in [2.05, 4.69) is 9.88 Å². The van der Waals surface area contributed by atoms with Crippen LogP contribution in [-0.4, -0.2) is 46.9 Å². The lowest BCUT2D eigenvalue weighted by Gasteiger charge is -2.34. The Kier molecular flexibility index (Phi) is 4.44. The number of piperazine rings is 1. The van der Waals surface area contributed by atoms with Gasteiger partial charge in [-0.15, -0.1) is 0 Å². The Bertz CT molecular complexity index is 622. The van der Waals surface area contributed by atoms with Crippen LogP contribution in [0.1, 0.15) is 15.9 Å². The Balaban J connectivity index is 1.55. The first kappa shape index (κ1) is 14.7. The van der Waals surface area contributed by atoms with Gasteiger partial charge in [0.05, 0.1) is 0 Å². The van der Waals surface area contributed by atoms with Gasteiger partial charge in [-0.05, 0) is 42.0 Å². The van der Waals surface area contributed by atoms with Gasteiger partial charge in [-0.2, -0.15) is 0 Å². The first-order valence-electron chi connectivity index (χ1n) is 7.38. The second-order valence-corrected chi connectivity index (χ2v) is 5.43. The zero-order valence-corrected chi connectivity index (χ0v) is 12.3. The van der Waals surface area contributed by atoms with Crippen LogP contribution in [0.4, 0.5) is 4.39 Å². The zero-order chi connectivity index (χ0) is 15.4. The first-order valence-corrected chi connectivity index (χ1v) is 7.38. The fourth-order valence-corrected chi connectivity index (χ4v) is 2.63. The largest absolute Gasteiger partial charge is 0.336 e. The van der Waals surface area contributed by atoms with Crippen molar-refractivity contribution in [2.75, 3.05) is 26.2 Å². The number of pyridine rings is 1. The third-order valence-electron chi connectivity index (χ3n) is 3.91. The molecule has 22 heavy (non-hydrogen) atoms.